The van der Waals surface area contributed by atoms with Gasteiger partial charge in [-0.25, -0.2) is 9.67 Å². The zero-order valence-corrected chi connectivity index (χ0v) is 23.4. The molecule has 200 valence electrons. The van der Waals surface area contributed by atoms with Crippen LogP contribution < -0.4 is 21.3 Å². The Bertz CT molecular complexity index is 1770. The molecule has 0 atom stereocenters. The molecule has 0 bridgehead atoms. The van der Waals surface area contributed by atoms with Gasteiger partial charge in [0.15, 0.2) is 4.32 Å². The van der Waals surface area contributed by atoms with Crippen LogP contribution >= 0.6 is 24.0 Å². The number of nitrogens with one attached hydrogen (secondary N) is 1. The van der Waals surface area contributed by atoms with E-state index in [0.29, 0.717) is 36.0 Å². The minimum atomic E-state index is -0.479. The molecule has 1 aliphatic heterocycles. The number of hydrogen-bond acceptors (Lipinski definition) is 8. The van der Waals surface area contributed by atoms with Crippen molar-refractivity contribution >= 4 is 57.4 Å². The number of rotatable bonds is 7. The number of aromatic nitrogens is 4. The number of amides is 1. The summed E-state index contributed by atoms with van der Waals surface area (Å²) in [4.78, 5) is 47.0. The van der Waals surface area contributed by atoms with Crippen LogP contribution in [0.25, 0.3) is 17.4 Å². The summed E-state index contributed by atoms with van der Waals surface area (Å²) in [6.07, 6.45) is 3.13. The summed E-state index contributed by atoms with van der Waals surface area (Å²) in [6.45, 7) is 4.44. The number of nitrogens with zero attached hydrogens (tertiary/aromatic N) is 5. The number of ether oxygens (including phenoxy) is 1. The SMILES string of the molecule is COCCNc1nc2c(C)cccn2c(=O)c1/C=C1/SC(=S)N(c2c(C)n(C)n(-c3ccccc3)c2=O)C1=O. The Kier molecular flexibility index (Phi) is 7.25. The minimum Gasteiger partial charge on any atom is -0.383 e. The fourth-order valence-electron chi connectivity index (χ4n) is 4.45. The van der Waals surface area contributed by atoms with Crippen LogP contribution in [0, 0.1) is 13.8 Å². The molecule has 1 saturated heterocycles. The summed E-state index contributed by atoms with van der Waals surface area (Å²) in [7, 11) is 3.33. The van der Waals surface area contributed by atoms with Crippen molar-refractivity contribution in [2.45, 2.75) is 13.8 Å². The van der Waals surface area contributed by atoms with Gasteiger partial charge in [0, 0.05) is 26.9 Å². The zero-order valence-electron chi connectivity index (χ0n) is 21.8. The molecule has 12 heteroatoms. The lowest BCUT2D eigenvalue weighted by Crippen LogP contribution is -2.33. The second kappa shape index (κ2) is 10.6. The van der Waals surface area contributed by atoms with Crippen molar-refractivity contribution in [3.8, 4) is 5.69 Å². The van der Waals surface area contributed by atoms with Gasteiger partial charge in [-0.05, 0) is 43.7 Å². The number of fused-ring (bicyclic) bond motifs is 1. The van der Waals surface area contributed by atoms with Crippen molar-refractivity contribution in [1.82, 2.24) is 18.7 Å². The highest BCUT2D eigenvalue weighted by Crippen LogP contribution is 2.36. The highest BCUT2D eigenvalue weighted by atomic mass is 32.2. The van der Waals surface area contributed by atoms with Gasteiger partial charge in [-0.1, -0.05) is 48.2 Å². The molecule has 0 spiro atoms. The van der Waals surface area contributed by atoms with Crippen molar-refractivity contribution in [2.75, 3.05) is 30.5 Å². The number of methoxy groups -OCH3 is 1. The van der Waals surface area contributed by atoms with Crippen LogP contribution in [0.3, 0.4) is 0 Å². The quantitative estimate of drug-likeness (QED) is 0.208. The Morgan fingerprint density at radius 3 is 2.54 bits per heavy atom. The van der Waals surface area contributed by atoms with Crippen LogP contribution in [0.15, 0.2) is 63.2 Å². The first kappa shape index (κ1) is 26.6. The maximum Gasteiger partial charge on any atom is 0.296 e. The van der Waals surface area contributed by atoms with Gasteiger partial charge in [-0.15, -0.1) is 0 Å². The lowest BCUT2D eigenvalue weighted by Gasteiger charge is -2.13. The number of thiocarbonyl (C=S) groups is 1. The lowest BCUT2D eigenvalue weighted by atomic mass is 10.2. The molecular formula is C27H26N6O4S2. The van der Waals surface area contributed by atoms with Crippen molar-refractivity contribution in [1.29, 1.82) is 0 Å². The van der Waals surface area contributed by atoms with Crippen molar-refractivity contribution in [3.63, 3.8) is 0 Å². The molecule has 1 aliphatic rings. The van der Waals surface area contributed by atoms with E-state index in [-0.39, 0.29) is 31.6 Å². The summed E-state index contributed by atoms with van der Waals surface area (Å²) in [6, 6.07) is 12.8. The van der Waals surface area contributed by atoms with Gasteiger partial charge < -0.3 is 10.1 Å². The van der Waals surface area contributed by atoms with E-state index in [9.17, 15) is 14.4 Å². The number of aryl methyl sites for hydroxylation is 1. The second-order valence-electron chi connectivity index (χ2n) is 8.91. The van der Waals surface area contributed by atoms with Crippen LogP contribution in [0.4, 0.5) is 11.5 Å². The number of carbonyl (C=O) groups is 1. The molecule has 5 rings (SSSR count). The third kappa shape index (κ3) is 4.60. The first-order chi connectivity index (χ1) is 18.7. The van der Waals surface area contributed by atoms with Crippen molar-refractivity contribution < 1.29 is 9.53 Å². The lowest BCUT2D eigenvalue weighted by molar-refractivity contribution is -0.113. The molecule has 10 nitrogen and oxygen atoms in total. The monoisotopic (exact) mass is 562 g/mol. The predicted octanol–water partition coefficient (Wildman–Crippen LogP) is 3.26. The van der Waals surface area contributed by atoms with E-state index in [1.807, 2.05) is 43.3 Å². The van der Waals surface area contributed by atoms with Gasteiger partial charge in [0.2, 0.25) is 0 Å². The highest BCUT2D eigenvalue weighted by molar-refractivity contribution is 8.27. The molecule has 0 saturated carbocycles. The third-order valence-electron chi connectivity index (χ3n) is 6.50. The number of anilines is 2. The maximum atomic E-state index is 13.7. The van der Waals surface area contributed by atoms with Gasteiger partial charge in [0.1, 0.15) is 17.2 Å². The molecule has 3 aromatic heterocycles. The minimum absolute atomic E-state index is 0.176. The molecule has 0 unspecified atom stereocenters. The highest BCUT2D eigenvalue weighted by Gasteiger charge is 2.38. The van der Waals surface area contributed by atoms with Crippen LogP contribution in [0.5, 0.6) is 0 Å². The van der Waals surface area contributed by atoms with E-state index in [4.69, 9.17) is 17.0 Å². The molecule has 4 heterocycles. The number of thioether (sulfide) groups is 1. The Balaban J connectivity index is 1.61. The molecule has 1 N–H and O–H groups in total. The molecular weight excluding hydrogens is 536 g/mol. The maximum absolute atomic E-state index is 13.7. The number of carbonyl (C=O) groups excluding carboxylic acids is 1. The van der Waals surface area contributed by atoms with Gasteiger partial charge in [-0.3, -0.25) is 28.4 Å². The van der Waals surface area contributed by atoms with E-state index in [1.165, 1.54) is 20.1 Å². The third-order valence-corrected chi connectivity index (χ3v) is 7.80. The van der Waals surface area contributed by atoms with Crippen LogP contribution in [-0.2, 0) is 16.6 Å². The Morgan fingerprint density at radius 1 is 1.08 bits per heavy atom. The molecule has 4 aromatic rings. The number of pyridine rings is 1. The smallest absolute Gasteiger partial charge is 0.296 e. The standard InChI is InChI=1S/C27H26N6O4S2/c1-16-9-8-13-31-23(16)29-22(28-12-14-37-4)19(24(31)34)15-20-25(35)32(27(38)39-20)21-17(2)30(3)33(26(21)36)18-10-6-5-7-11-18/h5-11,13,15,28H,12,14H2,1-4H3/b20-15+. The van der Waals surface area contributed by atoms with Crippen LogP contribution in [-0.4, -0.2) is 49.2 Å². The topological polar surface area (TPSA) is 103 Å². The number of para-hydroxylation sites is 1. The molecule has 39 heavy (non-hydrogen) atoms. The van der Waals surface area contributed by atoms with E-state index < -0.39 is 5.91 Å². The summed E-state index contributed by atoms with van der Waals surface area (Å²) in [5, 5.41) is 3.15. The predicted molar refractivity (Wildman–Crippen MR) is 158 cm³/mol. The fraction of sp³-hybridized carbons (Fsp3) is 0.222. The second-order valence-corrected chi connectivity index (χ2v) is 10.6. The van der Waals surface area contributed by atoms with E-state index in [1.54, 1.807) is 38.0 Å². The van der Waals surface area contributed by atoms with E-state index >= 15 is 0 Å². The fourth-order valence-corrected chi connectivity index (χ4v) is 5.70. The normalized spacial score (nSPS) is 14.7. The summed E-state index contributed by atoms with van der Waals surface area (Å²) >= 11 is 6.60. The van der Waals surface area contributed by atoms with Gasteiger partial charge in [0.25, 0.3) is 17.0 Å². The molecule has 0 aliphatic carbocycles. The first-order valence-corrected chi connectivity index (χ1v) is 13.3. The van der Waals surface area contributed by atoms with Crippen LogP contribution in [0.2, 0.25) is 0 Å². The van der Waals surface area contributed by atoms with Gasteiger partial charge in [-0.2, -0.15) is 0 Å². The number of hydrogen-bond donors (Lipinski definition) is 1. The zero-order chi connectivity index (χ0) is 27.8. The van der Waals surface area contributed by atoms with Crippen molar-refractivity contribution in [3.05, 3.63) is 91.1 Å². The Morgan fingerprint density at radius 2 is 1.82 bits per heavy atom. The molecule has 1 amide bonds. The van der Waals surface area contributed by atoms with E-state index in [2.05, 4.69) is 10.3 Å². The van der Waals surface area contributed by atoms with Gasteiger partial charge in [0.05, 0.1) is 28.5 Å². The molecule has 1 aromatic carbocycles. The Labute approximate surface area is 233 Å². The average Bonchev–Trinajstić information content (AvgIpc) is 3.31. The number of benzene rings is 1. The van der Waals surface area contributed by atoms with E-state index in [0.717, 1.165) is 17.3 Å². The summed E-state index contributed by atoms with van der Waals surface area (Å²) in [5.74, 6) is -0.147. The van der Waals surface area contributed by atoms with Gasteiger partial charge >= 0.3 is 0 Å². The Hall–Kier alpha value is -4.00. The molecule has 0 radical (unpaired) electrons. The van der Waals surface area contributed by atoms with Crippen LogP contribution in [0.1, 0.15) is 16.8 Å². The average molecular weight is 563 g/mol. The van der Waals surface area contributed by atoms with Crippen molar-refractivity contribution in [2.24, 2.45) is 7.05 Å². The summed E-state index contributed by atoms with van der Waals surface area (Å²) in [5.41, 5.74) is 2.25. The first-order valence-electron chi connectivity index (χ1n) is 12.1. The largest absolute Gasteiger partial charge is 0.383 e. The molecule has 1 fully saturated rings. The summed E-state index contributed by atoms with van der Waals surface area (Å²) < 4.78 is 9.97.